The number of amides is 1. The summed E-state index contributed by atoms with van der Waals surface area (Å²) in [6.45, 7) is 2.06. The van der Waals surface area contributed by atoms with Gasteiger partial charge in [0.15, 0.2) is 0 Å². The molecule has 2 N–H and O–H groups in total. The average molecular weight is 211 g/mol. The van der Waals surface area contributed by atoms with Gasteiger partial charge in [0, 0.05) is 25.9 Å². The molecule has 0 aromatic carbocycles. The van der Waals surface area contributed by atoms with Gasteiger partial charge in [-0.25, -0.2) is 0 Å². The monoisotopic (exact) mass is 211 g/mol. The molecule has 1 aromatic heterocycles. The summed E-state index contributed by atoms with van der Waals surface area (Å²) < 4.78 is 1.59. The lowest BCUT2D eigenvalue weighted by Gasteiger charge is -2.14. The van der Waals surface area contributed by atoms with Crippen molar-refractivity contribution in [3.8, 4) is 0 Å². The summed E-state index contributed by atoms with van der Waals surface area (Å²) in [5, 5.41) is 15.6. The summed E-state index contributed by atoms with van der Waals surface area (Å²) in [7, 11) is 1.77. The number of carbonyl (C=O) groups excluding carboxylic acids is 1. The van der Waals surface area contributed by atoms with Crippen molar-refractivity contribution in [3.05, 3.63) is 18.0 Å². The number of hydrogen-bond acceptors (Lipinski definition) is 3. The summed E-state index contributed by atoms with van der Waals surface area (Å²) in [5.74, 6) is -0.184. The van der Waals surface area contributed by atoms with Crippen LogP contribution in [0.4, 0.5) is 0 Å². The molecule has 0 bridgehead atoms. The summed E-state index contributed by atoms with van der Waals surface area (Å²) in [5.41, 5.74) is 0.411. The first-order valence-corrected chi connectivity index (χ1v) is 5.08. The number of nitrogens with zero attached hydrogens (tertiary/aromatic N) is 2. The van der Waals surface area contributed by atoms with Crippen molar-refractivity contribution in [3.63, 3.8) is 0 Å². The summed E-state index contributed by atoms with van der Waals surface area (Å²) >= 11 is 0. The second-order valence-corrected chi connectivity index (χ2v) is 3.47. The van der Waals surface area contributed by atoms with Gasteiger partial charge in [0.1, 0.15) is 5.69 Å². The van der Waals surface area contributed by atoms with E-state index >= 15 is 0 Å². The van der Waals surface area contributed by atoms with Crippen LogP contribution in [0.25, 0.3) is 0 Å². The van der Waals surface area contributed by atoms with Crippen LogP contribution in [0.15, 0.2) is 12.3 Å². The van der Waals surface area contributed by atoms with Gasteiger partial charge in [-0.3, -0.25) is 9.48 Å². The SMILES string of the molecule is CCC(CCO)NC(=O)c1ccn(C)n1. The molecule has 1 unspecified atom stereocenters. The van der Waals surface area contributed by atoms with E-state index in [1.54, 1.807) is 24.0 Å². The number of aliphatic hydroxyl groups is 1. The van der Waals surface area contributed by atoms with Gasteiger partial charge in [0.25, 0.3) is 5.91 Å². The van der Waals surface area contributed by atoms with E-state index in [4.69, 9.17) is 5.11 Å². The molecule has 1 atom stereocenters. The maximum absolute atomic E-state index is 11.6. The summed E-state index contributed by atoms with van der Waals surface area (Å²) in [6, 6.07) is 1.69. The Morgan fingerprint density at radius 1 is 1.73 bits per heavy atom. The molecular weight excluding hydrogens is 194 g/mol. The van der Waals surface area contributed by atoms with E-state index in [1.165, 1.54) is 0 Å². The Hall–Kier alpha value is -1.36. The standard InChI is InChI=1S/C10H17N3O2/c1-3-8(5-7-14)11-10(15)9-4-6-13(2)12-9/h4,6,8,14H,3,5,7H2,1-2H3,(H,11,15). The predicted octanol–water partition coefficient (Wildman–Crippen LogP) is 0.311. The molecule has 0 saturated carbocycles. The molecule has 0 fully saturated rings. The smallest absolute Gasteiger partial charge is 0.271 e. The molecule has 1 heterocycles. The van der Waals surface area contributed by atoms with Crippen molar-refractivity contribution in [1.29, 1.82) is 0 Å². The lowest BCUT2D eigenvalue weighted by Crippen LogP contribution is -2.35. The van der Waals surface area contributed by atoms with E-state index in [0.29, 0.717) is 12.1 Å². The van der Waals surface area contributed by atoms with Crippen LogP contribution in [0.1, 0.15) is 30.3 Å². The van der Waals surface area contributed by atoms with Crippen LogP contribution in [0.3, 0.4) is 0 Å². The van der Waals surface area contributed by atoms with Gasteiger partial charge >= 0.3 is 0 Å². The van der Waals surface area contributed by atoms with Gasteiger partial charge < -0.3 is 10.4 Å². The van der Waals surface area contributed by atoms with Gasteiger partial charge in [0.2, 0.25) is 0 Å². The lowest BCUT2D eigenvalue weighted by molar-refractivity contribution is 0.0923. The molecule has 0 aliphatic carbocycles. The highest BCUT2D eigenvalue weighted by atomic mass is 16.3. The van der Waals surface area contributed by atoms with Crippen molar-refractivity contribution in [1.82, 2.24) is 15.1 Å². The fourth-order valence-electron chi connectivity index (χ4n) is 1.33. The first-order chi connectivity index (χ1) is 7.17. The van der Waals surface area contributed by atoms with Gasteiger partial charge in [0.05, 0.1) is 0 Å². The second kappa shape index (κ2) is 5.50. The van der Waals surface area contributed by atoms with Crippen molar-refractivity contribution in [2.45, 2.75) is 25.8 Å². The zero-order valence-electron chi connectivity index (χ0n) is 9.10. The number of aliphatic hydroxyl groups excluding tert-OH is 1. The van der Waals surface area contributed by atoms with Gasteiger partial charge in [-0.1, -0.05) is 6.92 Å². The Morgan fingerprint density at radius 2 is 2.47 bits per heavy atom. The highest BCUT2D eigenvalue weighted by Crippen LogP contribution is 2.00. The topological polar surface area (TPSA) is 67.2 Å². The highest BCUT2D eigenvalue weighted by molar-refractivity contribution is 5.92. The van der Waals surface area contributed by atoms with Crippen LogP contribution < -0.4 is 5.32 Å². The third-order valence-electron chi connectivity index (χ3n) is 2.25. The Balaban J connectivity index is 2.54. The molecule has 0 aliphatic rings. The molecule has 1 rings (SSSR count). The minimum Gasteiger partial charge on any atom is -0.396 e. The highest BCUT2D eigenvalue weighted by Gasteiger charge is 2.13. The van der Waals surface area contributed by atoms with Crippen LogP contribution in [0.2, 0.25) is 0 Å². The molecular formula is C10H17N3O2. The minimum absolute atomic E-state index is 0.0181. The van der Waals surface area contributed by atoms with E-state index < -0.39 is 0 Å². The second-order valence-electron chi connectivity index (χ2n) is 3.47. The molecule has 1 amide bonds. The molecule has 0 saturated heterocycles. The zero-order chi connectivity index (χ0) is 11.3. The normalized spacial score (nSPS) is 12.5. The van der Waals surface area contributed by atoms with E-state index in [-0.39, 0.29) is 18.6 Å². The van der Waals surface area contributed by atoms with Gasteiger partial charge in [-0.05, 0) is 18.9 Å². The van der Waals surface area contributed by atoms with Crippen molar-refractivity contribution in [2.75, 3.05) is 6.61 Å². The maximum Gasteiger partial charge on any atom is 0.271 e. The van der Waals surface area contributed by atoms with Crippen molar-refractivity contribution >= 4 is 5.91 Å². The summed E-state index contributed by atoms with van der Waals surface area (Å²) in [4.78, 5) is 11.6. The van der Waals surface area contributed by atoms with Crippen molar-refractivity contribution < 1.29 is 9.90 Å². The van der Waals surface area contributed by atoms with E-state index in [2.05, 4.69) is 10.4 Å². The molecule has 5 nitrogen and oxygen atoms in total. The zero-order valence-corrected chi connectivity index (χ0v) is 9.10. The van der Waals surface area contributed by atoms with Gasteiger partial charge in [-0.15, -0.1) is 0 Å². The van der Waals surface area contributed by atoms with Crippen LogP contribution in [-0.2, 0) is 7.05 Å². The van der Waals surface area contributed by atoms with E-state index in [9.17, 15) is 4.79 Å². The molecule has 1 aromatic rings. The fraction of sp³-hybridized carbons (Fsp3) is 0.600. The first kappa shape index (κ1) is 11.7. The van der Waals surface area contributed by atoms with Crippen LogP contribution in [0.5, 0.6) is 0 Å². The summed E-state index contributed by atoms with van der Waals surface area (Å²) in [6.07, 6.45) is 3.11. The van der Waals surface area contributed by atoms with Crippen LogP contribution >= 0.6 is 0 Å². The van der Waals surface area contributed by atoms with Gasteiger partial charge in [-0.2, -0.15) is 5.10 Å². The predicted molar refractivity (Wildman–Crippen MR) is 56.5 cm³/mol. The Morgan fingerprint density at radius 3 is 2.93 bits per heavy atom. The molecule has 0 radical (unpaired) electrons. The molecule has 15 heavy (non-hydrogen) atoms. The third kappa shape index (κ3) is 3.36. The quantitative estimate of drug-likeness (QED) is 0.736. The Kier molecular flexibility index (Phi) is 4.30. The van der Waals surface area contributed by atoms with Crippen LogP contribution in [-0.4, -0.2) is 33.4 Å². The first-order valence-electron chi connectivity index (χ1n) is 5.08. The number of aromatic nitrogens is 2. The van der Waals surface area contributed by atoms with Crippen molar-refractivity contribution in [2.24, 2.45) is 7.05 Å². The molecule has 84 valence electrons. The Labute approximate surface area is 89.1 Å². The molecule has 0 aliphatic heterocycles. The number of aryl methyl sites for hydroxylation is 1. The third-order valence-corrected chi connectivity index (χ3v) is 2.25. The average Bonchev–Trinajstić information content (AvgIpc) is 2.64. The molecule has 5 heteroatoms. The largest absolute Gasteiger partial charge is 0.396 e. The van der Waals surface area contributed by atoms with E-state index in [0.717, 1.165) is 6.42 Å². The minimum atomic E-state index is -0.184. The number of nitrogens with one attached hydrogen (secondary N) is 1. The van der Waals surface area contributed by atoms with Crippen LogP contribution in [0, 0.1) is 0 Å². The number of carbonyl (C=O) groups is 1. The lowest BCUT2D eigenvalue weighted by atomic mass is 10.1. The number of rotatable bonds is 5. The fourth-order valence-corrected chi connectivity index (χ4v) is 1.33. The Bertz CT molecular complexity index is 322. The van der Waals surface area contributed by atoms with E-state index in [1.807, 2.05) is 6.92 Å². The maximum atomic E-state index is 11.6. The number of hydrogen-bond donors (Lipinski definition) is 2. The molecule has 0 spiro atoms.